The van der Waals surface area contributed by atoms with Crippen LogP contribution >= 0.6 is 0 Å². The zero-order chi connectivity index (χ0) is 14.8. The zero-order valence-electron chi connectivity index (χ0n) is 11.9. The van der Waals surface area contributed by atoms with Gasteiger partial charge in [-0.3, -0.25) is 0 Å². The Kier molecular flexibility index (Phi) is 8.91. The van der Waals surface area contributed by atoms with Gasteiger partial charge in [0.15, 0.2) is 0 Å². The van der Waals surface area contributed by atoms with Gasteiger partial charge in [-0.1, -0.05) is 13.2 Å². The molecule has 19 heavy (non-hydrogen) atoms. The second-order valence-electron chi connectivity index (χ2n) is 4.51. The van der Waals surface area contributed by atoms with Crippen molar-refractivity contribution in [2.75, 3.05) is 6.61 Å². The summed E-state index contributed by atoms with van der Waals surface area (Å²) in [7, 11) is 0. The van der Waals surface area contributed by atoms with Gasteiger partial charge in [-0.2, -0.15) is 0 Å². The molecule has 110 valence electrons. The minimum atomic E-state index is -0.978. The van der Waals surface area contributed by atoms with Gasteiger partial charge in [0, 0.05) is 5.57 Å². The van der Waals surface area contributed by atoms with Crippen LogP contribution in [0, 0.1) is 0 Å². The summed E-state index contributed by atoms with van der Waals surface area (Å²) in [6.45, 7) is 13.0. The molecule has 5 nitrogen and oxygen atoms in total. The van der Waals surface area contributed by atoms with Crippen LogP contribution in [0.15, 0.2) is 25.0 Å². The van der Waals surface area contributed by atoms with E-state index in [2.05, 4.69) is 13.2 Å². The minimum Gasteiger partial charge on any atom is -0.478 e. The summed E-state index contributed by atoms with van der Waals surface area (Å²) in [5.74, 6) is -0.978. The first-order chi connectivity index (χ1) is 8.86. The molecule has 2 unspecified atom stereocenters. The lowest BCUT2D eigenvalue weighted by atomic mass is 10.1. The number of rotatable bonds is 11. The molecule has 0 aliphatic rings. The molecule has 0 saturated heterocycles. The van der Waals surface area contributed by atoms with E-state index < -0.39 is 12.3 Å². The molecule has 2 atom stereocenters. The summed E-state index contributed by atoms with van der Waals surface area (Å²) in [5.41, 5.74) is 0.176. The smallest absolute Gasteiger partial charge is 0.330 e. The van der Waals surface area contributed by atoms with Crippen molar-refractivity contribution >= 4 is 5.97 Å². The van der Waals surface area contributed by atoms with E-state index in [0.29, 0.717) is 19.4 Å². The minimum absolute atomic E-state index is 0.0848. The average Bonchev–Trinajstić information content (AvgIpc) is 2.33. The van der Waals surface area contributed by atoms with E-state index in [-0.39, 0.29) is 17.8 Å². The summed E-state index contributed by atoms with van der Waals surface area (Å²) >= 11 is 0. The van der Waals surface area contributed by atoms with Crippen LogP contribution in [0.2, 0.25) is 0 Å². The van der Waals surface area contributed by atoms with Gasteiger partial charge in [0.2, 0.25) is 6.29 Å². The van der Waals surface area contributed by atoms with Crippen LogP contribution in [0.5, 0.6) is 0 Å². The zero-order valence-corrected chi connectivity index (χ0v) is 11.9. The molecule has 1 N–H and O–H groups in total. The Balaban J connectivity index is 4.08. The quantitative estimate of drug-likeness (QED) is 0.356. The highest BCUT2D eigenvalue weighted by atomic mass is 16.7. The normalized spacial score (nSPS) is 13.9. The topological polar surface area (TPSA) is 65.0 Å². The van der Waals surface area contributed by atoms with Crippen molar-refractivity contribution in [3.8, 4) is 0 Å². The molecule has 0 radical (unpaired) electrons. The molecule has 0 aromatic heterocycles. The Morgan fingerprint density at radius 2 is 2.00 bits per heavy atom. The van der Waals surface area contributed by atoms with Gasteiger partial charge in [-0.05, 0) is 33.6 Å². The van der Waals surface area contributed by atoms with Crippen LogP contribution in [0.3, 0.4) is 0 Å². The highest BCUT2D eigenvalue weighted by molar-refractivity contribution is 5.85. The fraction of sp³-hybridized carbons (Fsp3) is 0.643. The lowest BCUT2D eigenvalue weighted by Crippen LogP contribution is -2.27. The van der Waals surface area contributed by atoms with Crippen LogP contribution in [0.4, 0.5) is 0 Å². The molecular weight excluding hydrogens is 248 g/mol. The number of carboxylic acid groups (broad SMARTS) is 1. The summed E-state index contributed by atoms with van der Waals surface area (Å²) in [5, 5.41) is 8.71. The van der Waals surface area contributed by atoms with E-state index in [1.807, 2.05) is 20.8 Å². The third-order valence-corrected chi connectivity index (χ3v) is 2.35. The number of ether oxygens (including phenoxy) is 3. The average molecular weight is 272 g/mol. The number of carbonyl (C=O) groups is 1. The largest absolute Gasteiger partial charge is 0.478 e. The Morgan fingerprint density at radius 3 is 2.47 bits per heavy atom. The Hall–Kier alpha value is -1.33. The molecule has 0 heterocycles. The number of hydrogen-bond donors (Lipinski definition) is 1. The van der Waals surface area contributed by atoms with Crippen LogP contribution < -0.4 is 0 Å². The van der Waals surface area contributed by atoms with E-state index >= 15 is 0 Å². The molecule has 0 aliphatic carbocycles. The number of aliphatic carboxylic acids is 1. The summed E-state index contributed by atoms with van der Waals surface area (Å²) in [4.78, 5) is 10.6. The molecule has 0 aromatic rings. The standard InChI is InChI=1S/C14H24O5/c1-6-17-13(9-18-10(2)3)19-12(5)8-7-11(4)14(15)16/h6,10,12-13H,1,4,7-9H2,2-3,5H3,(H,15,16). The van der Waals surface area contributed by atoms with E-state index in [9.17, 15) is 4.79 Å². The lowest BCUT2D eigenvalue weighted by Gasteiger charge is -2.22. The van der Waals surface area contributed by atoms with Gasteiger partial charge in [0.05, 0.1) is 18.5 Å². The van der Waals surface area contributed by atoms with Gasteiger partial charge in [0.25, 0.3) is 0 Å². The molecule has 0 amide bonds. The maximum absolute atomic E-state index is 10.6. The second kappa shape index (κ2) is 9.58. The summed E-state index contributed by atoms with van der Waals surface area (Å²) in [6, 6.07) is 0. The van der Waals surface area contributed by atoms with Crippen molar-refractivity contribution < 1.29 is 24.1 Å². The molecule has 0 rings (SSSR count). The molecule has 0 spiro atoms. The Labute approximate surface area is 114 Å². The fourth-order valence-corrected chi connectivity index (χ4v) is 1.30. The molecule has 0 saturated carbocycles. The molecule has 0 aliphatic heterocycles. The predicted molar refractivity (Wildman–Crippen MR) is 72.7 cm³/mol. The van der Waals surface area contributed by atoms with Crippen LogP contribution in [0.1, 0.15) is 33.6 Å². The van der Waals surface area contributed by atoms with Crippen molar-refractivity contribution in [2.24, 2.45) is 0 Å². The monoisotopic (exact) mass is 272 g/mol. The van der Waals surface area contributed by atoms with E-state index in [0.717, 1.165) is 0 Å². The predicted octanol–water partition coefficient (Wildman–Crippen LogP) is 2.72. The second-order valence-corrected chi connectivity index (χ2v) is 4.51. The van der Waals surface area contributed by atoms with Gasteiger partial charge >= 0.3 is 5.97 Å². The summed E-state index contributed by atoms with van der Waals surface area (Å²) < 4.78 is 16.2. The molecule has 0 aromatic carbocycles. The molecule has 5 heteroatoms. The Morgan fingerprint density at radius 1 is 1.37 bits per heavy atom. The first kappa shape index (κ1) is 17.7. The van der Waals surface area contributed by atoms with E-state index in [4.69, 9.17) is 19.3 Å². The third-order valence-electron chi connectivity index (χ3n) is 2.35. The Bertz CT molecular complexity index is 298. The van der Waals surface area contributed by atoms with Gasteiger partial charge in [-0.25, -0.2) is 4.79 Å². The SMILES string of the molecule is C=COC(COC(C)C)OC(C)CCC(=C)C(=O)O. The highest BCUT2D eigenvalue weighted by Crippen LogP contribution is 2.11. The van der Waals surface area contributed by atoms with Crippen molar-refractivity contribution in [3.63, 3.8) is 0 Å². The van der Waals surface area contributed by atoms with Crippen molar-refractivity contribution in [1.82, 2.24) is 0 Å². The maximum atomic E-state index is 10.6. The lowest BCUT2D eigenvalue weighted by molar-refractivity contribution is -0.173. The first-order valence-corrected chi connectivity index (χ1v) is 6.31. The van der Waals surface area contributed by atoms with Crippen LogP contribution in [-0.4, -0.2) is 36.2 Å². The fourth-order valence-electron chi connectivity index (χ4n) is 1.30. The number of hydrogen-bond acceptors (Lipinski definition) is 4. The van der Waals surface area contributed by atoms with Crippen molar-refractivity contribution in [2.45, 2.75) is 52.1 Å². The highest BCUT2D eigenvalue weighted by Gasteiger charge is 2.15. The van der Waals surface area contributed by atoms with E-state index in [1.165, 1.54) is 6.26 Å². The van der Waals surface area contributed by atoms with Crippen LogP contribution in [0.25, 0.3) is 0 Å². The third kappa shape index (κ3) is 9.27. The van der Waals surface area contributed by atoms with Crippen molar-refractivity contribution in [3.05, 3.63) is 25.0 Å². The molecule has 0 bridgehead atoms. The van der Waals surface area contributed by atoms with Crippen LogP contribution in [-0.2, 0) is 19.0 Å². The molecular formula is C14H24O5. The van der Waals surface area contributed by atoms with Gasteiger partial charge < -0.3 is 19.3 Å². The van der Waals surface area contributed by atoms with Gasteiger partial charge in [-0.15, -0.1) is 0 Å². The maximum Gasteiger partial charge on any atom is 0.330 e. The van der Waals surface area contributed by atoms with Crippen molar-refractivity contribution in [1.29, 1.82) is 0 Å². The first-order valence-electron chi connectivity index (χ1n) is 6.31. The molecule has 0 fully saturated rings. The van der Waals surface area contributed by atoms with E-state index in [1.54, 1.807) is 0 Å². The number of carboxylic acids is 1. The summed E-state index contributed by atoms with van der Waals surface area (Å²) in [6.07, 6.45) is 1.63. The van der Waals surface area contributed by atoms with Gasteiger partial charge in [0.1, 0.15) is 6.61 Å².